The normalized spacial score (nSPS) is 21.4. The number of hydrogen-bond donors (Lipinski definition) is 3. The second kappa shape index (κ2) is 10.3. The van der Waals surface area contributed by atoms with Gasteiger partial charge in [0.05, 0.1) is 25.5 Å². The third-order valence-electron chi connectivity index (χ3n) is 5.28. The van der Waals surface area contributed by atoms with Gasteiger partial charge in [-0.15, -0.1) is 24.0 Å². The van der Waals surface area contributed by atoms with Crippen LogP contribution in [0, 0.1) is 0 Å². The fourth-order valence-corrected chi connectivity index (χ4v) is 3.88. The molecule has 1 saturated heterocycles. The monoisotopic (exact) mass is 462 g/mol. The molecule has 1 saturated carbocycles. The predicted molar refractivity (Wildman–Crippen MR) is 110 cm³/mol. The summed E-state index contributed by atoms with van der Waals surface area (Å²) >= 11 is 0. The molecular weight excluding hydrogens is 431 g/mol. The lowest BCUT2D eigenvalue weighted by Gasteiger charge is -2.48. The molecule has 0 spiro atoms. The summed E-state index contributed by atoms with van der Waals surface area (Å²) in [4.78, 5) is 7.01. The van der Waals surface area contributed by atoms with E-state index in [2.05, 4.69) is 30.7 Å². The van der Waals surface area contributed by atoms with Crippen molar-refractivity contribution < 1.29 is 4.74 Å². The number of guanidine groups is 1. The van der Waals surface area contributed by atoms with Crippen LogP contribution in [0.15, 0.2) is 17.3 Å². The van der Waals surface area contributed by atoms with Crippen molar-refractivity contribution in [2.24, 2.45) is 4.99 Å². The van der Waals surface area contributed by atoms with Crippen LogP contribution in [0.25, 0.3) is 0 Å². The van der Waals surface area contributed by atoms with Gasteiger partial charge in [-0.3, -0.25) is 15.0 Å². The van der Waals surface area contributed by atoms with E-state index in [1.807, 2.05) is 13.1 Å². The van der Waals surface area contributed by atoms with Gasteiger partial charge in [0.15, 0.2) is 5.96 Å². The van der Waals surface area contributed by atoms with Gasteiger partial charge in [0.25, 0.3) is 0 Å². The molecule has 8 heteroatoms. The molecule has 25 heavy (non-hydrogen) atoms. The lowest BCUT2D eigenvalue weighted by atomic mass is 9.80. The average Bonchev–Trinajstić information content (AvgIpc) is 3.17. The molecule has 1 aromatic rings. The molecule has 0 amide bonds. The van der Waals surface area contributed by atoms with Crippen LogP contribution in [0.3, 0.4) is 0 Å². The van der Waals surface area contributed by atoms with Crippen LogP contribution in [0.2, 0.25) is 0 Å². The second-order valence-corrected chi connectivity index (χ2v) is 6.75. The third kappa shape index (κ3) is 5.55. The first kappa shape index (κ1) is 20.4. The van der Waals surface area contributed by atoms with Gasteiger partial charge in [0, 0.05) is 38.4 Å². The maximum absolute atomic E-state index is 5.55. The first-order valence-electron chi connectivity index (χ1n) is 9.08. The van der Waals surface area contributed by atoms with Crippen molar-refractivity contribution in [3.63, 3.8) is 0 Å². The van der Waals surface area contributed by atoms with E-state index in [4.69, 9.17) is 4.74 Å². The number of halogens is 1. The highest BCUT2D eigenvalue weighted by Crippen LogP contribution is 2.33. The van der Waals surface area contributed by atoms with Crippen LogP contribution in [-0.4, -0.2) is 66.5 Å². The summed E-state index contributed by atoms with van der Waals surface area (Å²) in [6.07, 6.45) is 8.29. The van der Waals surface area contributed by atoms with Crippen LogP contribution >= 0.6 is 24.0 Å². The highest BCUT2D eigenvalue weighted by Gasteiger charge is 2.38. The van der Waals surface area contributed by atoms with E-state index in [9.17, 15) is 0 Å². The molecule has 7 nitrogen and oxygen atoms in total. The van der Waals surface area contributed by atoms with E-state index in [1.54, 1.807) is 6.20 Å². The smallest absolute Gasteiger partial charge is 0.191 e. The number of aromatic amines is 1. The van der Waals surface area contributed by atoms with Gasteiger partial charge in [-0.2, -0.15) is 5.10 Å². The Hall–Kier alpha value is -0.870. The maximum atomic E-state index is 5.55. The molecule has 3 rings (SSSR count). The minimum atomic E-state index is 0. The highest BCUT2D eigenvalue weighted by molar-refractivity contribution is 14.0. The molecule has 1 aliphatic carbocycles. The summed E-state index contributed by atoms with van der Waals surface area (Å²) in [6, 6.07) is 1.97. The van der Waals surface area contributed by atoms with Crippen molar-refractivity contribution >= 4 is 29.9 Å². The number of nitrogens with one attached hydrogen (secondary N) is 3. The fraction of sp³-hybridized carbons (Fsp3) is 0.765. The van der Waals surface area contributed by atoms with Crippen molar-refractivity contribution in [3.05, 3.63) is 18.0 Å². The SMILES string of the molecule is CN=C(NCc1ccn[nH]1)NCC1(N2CCOCC2)CCCCC1.I. The molecule has 3 N–H and O–H groups in total. The molecule has 1 aromatic heterocycles. The molecule has 2 fully saturated rings. The Morgan fingerprint density at radius 1 is 1.28 bits per heavy atom. The van der Waals surface area contributed by atoms with Gasteiger partial charge in [-0.05, 0) is 18.9 Å². The maximum Gasteiger partial charge on any atom is 0.191 e. The van der Waals surface area contributed by atoms with Gasteiger partial charge < -0.3 is 15.4 Å². The Balaban J connectivity index is 0.00000225. The van der Waals surface area contributed by atoms with Gasteiger partial charge in [-0.25, -0.2) is 0 Å². The third-order valence-corrected chi connectivity index (χ3v) is 5.28. The fourth-order valence-electron chi connectivity index (χ4n) is 3.88. The quantitative estimate of drug-likeness (QED) is 0.353. The zero-order valence-electron chi connectivity index (χ0n) is 15.1. The lowest BCUT2D eigenvalue weighted by molar-refractivity contribution is -0.0352. The summed E-state index contributed by atoms with van der Waals surface area (Å²) < 4.78 is 5.55. The van der Waals surface area contributed by atoms with E-state index >= 15 is 0 Å². The Labute approximate surface area is 167 Å². The zero-order valence-corrected chi connectivity index (χ0v) is 17.4. The summed E-state index contributed by atoms with van der Waals surface area (Å²) in [5, 5.41) is 13.9. The van der Waals surface area contributed by atoms with Crippen LogP contribution in [-0.2, 0) is 11.3 Å². The number of hydrogen-bond acceptors (Lipinski definition) is 4. The van der Waals surface area contributed by atoms with Crippen LogP contribution in [0.1, 0.15) is 37.8 Å². The van der Waals surface area contributed by atoms with Gasteiger partial charge >= 0.3 is 0 Å². The molecule has 1 aliphatic heterocycles. The first-order chi connectivity index (χ1) is 11.8. The van der Waals surface area contributed by atoms with Crippen molar-refractivity contribution in [1.29, 1.82) is 0 Å². The van der Waals surface area contributed by atoms with Crippen molar-refractivity contribution in [2.45, 2.75) is 44.2 Å². The Bertz CT molecular complexity index is 509. The van der Waals surface area contributed by atoms with E-state index in [-0.39, 0.29) is 29.5 Å². The summed E-state index contributed by atoms with van der Waals surface area (Å²) in [7, 11) is 1.82. The molecule has 2 heterocycles. The molecule has 0 bridgehead atoms. The largest absolute Gasteiger partial charge is 0.379 e. The Kier molecular flexibility index (Phi) is 8.44. The summed E-state index contributed by atoms with van der Waals surface area (Å²) in [5.74, 6) is 0.850. The number of aliphatic imine (C=N–C) groups is 1. The number of morpholine rings is 1. The molecule has 2 aliphatic rings. The van der Waals surface area contributed by atoms with E-state index in [0.29, 0.717) is 6.54 Å². The summed E-state index contributed by atoms with van der Waals surface area (Å²) in [6.45, 7) is 5.44. The molecule has 0 radical (unpaired) electrons. The number of aromatic nitrogens is 2. The highest BCUT2D eigenvalue weighted by atomic mass is 127. The van der Waals surface area contributed by atoms with Crippen molar-refractivity contribution in [1.82, 2.24) is 25.7 Å². The number of rotatable bonds is 5. The molecule has 0 atom stereocenters. The topological polar surface area (TPSA) is 77.6 Å². The predicted octanol–water partition coefficient (Wildman–Crippen LogP) is 1.73. The Morgan fingerprint density at radius 3 is 2.68 bits per heavy atom. The molecule has 0 unspecified atom stereocenters. The van der Waals surface area contributed by atoms with Crippen LogP contribution in [0.5, 0.6) is 0 Å². The zero-order chi connectivity index (χ0) is 16.7. The van der Waals surface area contributed by atoms with Crippen molar-refractivity contribution in [3.8, 4) is 0 Å². The van der Waals surface area contributed by atoms with E-state index < -0.39 is 0 Å². The average molecular weight is 462 g/mol. The van der Waals surface area contributed by atoms with Gasteiger partial charge in [0.1, 0.15) is 0 Å². The summed E-state index contributed by atoms with van der Waals surface area (Å²) in [5.41, 5.74) is 1.30. The van der Waals surface area contributed by atoms with Crippen LogP contribution in [0.4, 0.5) is 0 Å². The van der Waals surface area contributed by atoms with Crippen LogP contribution < -0.4 is 10.6 Å². The minimum Gasteiger partial charge on any atom is -0.379 e. The molecule has 0 aromatic carbocycles. The number of nitrogens with zero attached hydrogens (tertiary/aromatic N) is 3. The van der Waals surface area contributed by atoms with Gasteiger partial charge in [0.2, 0.25) is 0 Å². The first-order valence-corrected chi connectivity index (χ1v) is 9.08. The number of ether oxygens (including phenoxy) is 1. The molecular formula is C17H31IN6O. The van der Waals surface area contributed by atoms with E-state index in [0.717, 1.165) is 44.5 Å². The Morgan fingerprint density at radius 2 is 2.04 bits per heavy atom. The van der Waals surface area contributed by atoms with Crippen molar-refractivity contribution in [2.75, 3.05) is 39.9 Å². The number of H-pyrrole nitrogens is 1. The lowest BCUT2D eigenvalue weighted by Crippen LogP contribution is -2.60. The molecule has 142 valence electrons. The van der Waals surface area contributed by atoms with E-state index in [1.165, 1.54) is 32.1 Å². The minimum absolute atomic E-state index is 0. The van der Waals surface area contributed by atoms with Gasteiger partial charge in [-0.1, -0.05) is 19.3 Å². The second-order valence-electron chi connectivity index (χ2n) is 6.75. The standard InChI is InChI=1S/C17H30N6O.HI/c1-18-16(19-13-15-5-8-21-22-15)20-14-17(6-3-2-4-7-17)23-9-11-24-12-10-23;/h5,8H,2-4,6-7,9-14H2,1H3,(H,21,22)(H2,18,19,20);1H.